The Morgan fingerprint density at radius 2 is 2.00 bits per heavy atom. The molecule has 0 aliphatic carbocycles. The molecule has 3 heterocycles. The second-order valence-electron chi connectivity index (χ2n) is 8.29. The quantitative estimate of drug-likeness (QED) is 0.604. The first-order valence-electron chi connectivity index (χ1n) is 9.61. The van der Waals surface area contributed by atoms with E-state index in [-0.39, 0.29) is 12.1 Å². The zero-order valence-corrected chi connectivity index (χ0v) is 17.3. The number of amides is 1. The molecule has 0 saturated carbocycles. The Morgan fingerprint density at radius 1 is 1.25 bits per heavy atom. The van der Waals surface area contributed by atoms with Gasteiger partial charge in [-0.25, -0.2) is 9.78 Å². The summed E-state index contributed by atoms with van der Waals surface area (Å²) in [6.07, 6.45) is 1.49. The summed E-state index contributed by atoms with van der Waals surface area (Å²) in [4.78, 5) is 18.9. The Bertz CT molecular complexity index is 1020. The molecule has 2 aromatic heterocycles. The number of nitrogens with zero attached hydrogens (tertiary/aromatic N) is 2. The minimum absolute atomic E-state index is 0.231. The first kappa shape index (κ1) is 18.8. The Labute approximate surface area is 168 Å². The molecule has 1 amide bonds. The maximum atomic E-state index is 12.3. The molecule has 1 fully saturated rings. The van der Waals surface area contributed by atoms with Crippen LogP contribution in [0.15, 0.2) is 29.6 Å². The van der Waals surface area contributed by atoms with Crippen LogP contribution in [0.4, 0.5) is 16.3 Å². The lowest BCUT2D eigenvalue weighted by molar-refractivity contribution is 0.0210. The molecule has 4 rings (SSSR count). The second kappa shape index (κ2) is 7.13. The van der Waals surface area contributed by atoms with Crippen molar-refractivity contribution >= 4 is 49.9 Å². The van der Waals surface area contributed by atoms with E-state index in [4.69, 9.17) is 15.5 Å². The van der Waals surface area contributed by atoms with Gasteiger partial charge >= 0.3 is 6.09 Å². The van der Waals surface area contributed by atoms with E-state index in [1.54, 1.807) is 16.2 Å². The SMILES string of the molecule is CC(C)(C)OC(=O)N1CCC(Nc2nc3cc(N)ccc3c3sccc23)CC1. The normalized spacial score (nSPS) is 15.9. The van der Waals surface area contributed by atoms with Crippen LogP contribution >= 0.6 is 11.3 Å². The largest absolute Gasteiger partial charge is 0.444 e. The van der Waals surface area contributed by atoms with Gasteiger partial charge in [0.2, 0.25) is 0 Å². The highest BCUT2D eigenvalue weighted by Crippen LogP contribution is 2.35. The number of carbonyl (C=O) groups excluding carboxylic acids is 1. The summed E-state index contributed by atoms with van der Waals surface area (Å²) in [6.45, 7) is 7.04. The van der Waals surface area contributed by atoms with Crippen LogP contribution in [0.25, 0.3) is 21.0 Å². The molecule has 1 saturated heterocycles. The summed E-state index contributed by atoms with van der Waals surface area (Å²) in [5.74, 6) is 0.894. The summed E-state index contributed by atoms with van der Waals surface area (Å²) in [5, 5.41) is 7.97. The molecule has 0 atom stereocenters. The van der Waals surface area contributed by atoms with Crippen molar-refractivity contribution in [2.45, 2.75) is 45.3 Å². The number of likely N-dealkylation sites (tertiary alicyclic amines) is 1. The number of benzene rings is 1. The fraction of sp³-hybridized carbons (Fsp3) is 0.429. The number of carbonyl (C=O) groups is 1. The zero-order chi connectivity index (χ0) is 19.9. The van der Waals surface area contributed by atoms with Gasteiger partial charge in [0.05, 0.1) is 5.52 Å². The van der Waals surface area contributed by atoms with Crippen LogP contribution in [0.1, 0.15) is 33.6 Å². The van der Waals surface area contributed by atoms with Crippen molar-refractivity contribution in [2.24, 2.45) is 0 Å². The Balaban J connectivity index is 1.50. The van der Waals surface area contributed by atoms with Crippen molar-refractivity contribution in [3.05, 3.63) is 29.6 Å². The number of aromatic nitrogens is 1. The van der Waals surface area contributed by atoms with E-state index < -0.39 is 5.60 Å². The number of fused-ring (bicyclic) bond motifs is 3. The lowest BCUT2D eigenvalue weighted by atomic mass is 10.0. The van der Waals surface area contributed by atoms with Gasteiger partial charge < -0.3 is 20.7 Å². The van der Waals surface area contributed by atoms with E-state index in [2.05, 4.69) is 16.8 Å². The minimum Gasteiger partial charge on any atom is -0.444 e. The first-order valence-corrected chi connectivity index (χ1v) is 10.5. The number of ether oxygens (including phenoxy) is 1. The maximum absolute atomic E-state index is 12.3. The molecule has 3 N–H and O–H groups in total. The van der Waals surface area contributed by atoms with Gasteiger partial charge in [0.1, 0.15) is 11.4 Å². The molecule has 28 heavy (non-hydrogen) atoms. The Kier molecular flexibility index (Phi) is 4.79. The van der Waals surface area contributed by atoms with Gasteiger partial charge in [-0.2, -0.15) is 0 Å². The van der Waals surface area contributed by atoms with Gasteiger partial charge in [-0.1, -0.05) is 0 Å². The maximum Gasteiger partial charge on any atom is 0.410 e. The van der Waals surface area contributed by atoms with Gasteiger partial charge in [-0.05, 0) is 63.3 Å². The molecular formula is C21H26N4O2S. The van der Waals surface area contributed by atoms with Crippen molar-refractivity contribution in [2.75, 3.05) is 24.1 Å². The summed E-state index contributed by atoms with van der Waals surface area (Å²) in [6, 6.07) is 8.27. The lowest BCUT2D eigenvalue weighted by Gasteiger charge is -2.34. The van der Waals surface area contributed by atoms with Crippen LogP contribution in [0.2, 0.25) is 0 Å². The highest BCUT2D eigenvalue weighted by molar-refractivity contribution is 7.18. The predicted molar refractivity (Wildman–Crippen MR) is 116 cm³/mol. The highest BCUT2D eigenvalue weighted by Gasteiger charge is 2.27. The van der Waals surface area contributed by atoms with Crippen LogP contribution in [-0.2, 0) is 4.74 Å². The van der Waals surface area contributed by atoms with Crippen LogP contribution in [0.5, 0.6) is 0 Å². The fourth-order valence-corrected chi connectivity index (χ4v) is 4.49. The number of pyridine rings is 1. The molecule has 7 heteroatoms. The lowest BCUT2D eigenvalue weighted by Crippen LogP contribution is -2.44. The molecule has 6 nitrogen and oxygen atoms in total. The van der Waals surface area contributed by atoms with Gasteiger partial charge in [0.25, 0.3) is 0 Å². The van der Waals surface area contributed by atoms with Crippen LogP contribution in [0, 0.1) is 0 Å². The smallest absolute Gasteiger partial charge is 0.410 e. The average molecular weight is 399 g/mol. The minimum atomic E-state index is -0.465. The van der Waals surface area contributed by atoms with Gasteiger partial charge in [-0.3, -0.25) is 0 Å². The number of thiophene rings is 1. The van der Waals surface area contributed by atoms with Crippen LogP contribution in [0.3, 0.4) is 0 Å². The number of nitrogen functional groups attached to an aromatic ring is 1. The number of nitrogens with two attached hydrogens (primary N) is 1. The molecule has 3 aromatic rings. The molecule has 0 bridgehead atoms. The third-order valence-corrected chi connectivity index (χ3v) is 5.85. The van der Waals surface area contributed by atoms with Crippen molar-refractivity contribution in [1.29, 1.82) is 0 Å². The first-order chi connectivity index (χ1) is 13.3. The van der Waals surface area contributed by atoms with E-state index in [9.17, 15) is 4.79 Å². The monoisotopic (exact) mass is 398 g/mol. The number of nitrogens with one attached hydrogen (secondary N) is 1. The molecular weight excluding hydrogens is 372 g/mol. The second-order valence-corrected chi connectivity index (χ2v) is 9.20. The van der Waals surface area contributed by atoms with Crippen molar-refractivity contribution in [1.82, 2.24) is 9.88 Å². The summed E-state index contributed by atoms with van der Waals surface area (Å²) >= 11 is 1.72. The number of anilines is 2. The molecule has 0 radical (unpaired) electrons. The highest BCUT2D eigenvalue weighted by atomic mass is 32.1. The van der Waals surface area contributed by atoms with E-state index in [1.165, 1.54) is 4.70 Å². The standard InChI is InChI=1S/C21H26N4O2S/c1-21(2,3)27-20(26)25-9-6-14(7-10-25)23-19-16-8-11-28-18(16)15-5-4-13(22)12-17(15)24-19/h4-5,8,11-12,14H,6-7,9-10,22H2,1-3H3,(H,23,24). The Hall–Kier alpha value is -2.54. The third-order valence-electron chi connectivity index (χ3n) is 4.91. The molecule has 148 valence electrons. The van der Waals surface area contributed by atoms with Crippen molar-refractivity contribution in [3.8, 4) is 0 Å². The summed E-state index contributed by atoms with van der Waals surface area (Å²) < 4.78 is 6.70. The fourth-order valence-electron chi connectivity index (χ4n) is 3.55. The molecule has 1 aliphatic rings. The molecule has 0 unspecified atom stereocenters. The number of hydrogen-bond donors (Lipinski definition) is 2. The molecule has 0 spiro atoms. The Morgan fingerprint density at radius 3 is 2.71 bits per heavy atom. The van der Waals surface area contributed by atoms with E-state index in [1.807, 2.05) is 39.0 Å². The van der Waals surface area contributed by atoms with E-state index >= 15 is 0 Å². The average Bonchev–Trinajstić information content (AvgIpc) is 3.11. The topological polar surface area (TPSA) is 80.5 Å². The summed E-state index contributed by atoms with van der Waals surface area (Å²) in [5.41, 5.74) is 7.12. The van der Waals surface area contributed by atoms with Crippen molar-refractivity contribution < 1.29 is 9.53 Å². The molecule has 1 aromatic carbocycles. The van der Waals surface area contributed by atoms with Gasteiger partial charge in [-0.15, -0.1) is 11.3 Å². The zero-order valence-electron chi connectivity index (χ0n) is 16.5. The van der Waals surface area contributed by atoms with E-state index in [0.29, 0.717) is 18.8 Å². The molecule has 1 aliphatic heterocycles. The van der Waals surface area contributed by atoms with Crippen LogP contribution < -0.4 is 11.1 Å². The number of piperidine rings is 1. The van der Waals surface area contributed by atoms with Gasteiger partial charge in [0.15, 0.2) is 0 Å². The number of hydrogen-bond acceptors (Lipinski definition) is 6. The predicted octanol–water partition coefficient (Wildman–Crippen LogP) is 4.84. The number of rotatable bonds is 2. The van der Waals surface area contributed by atoms with E-state index in [0.717, 1.165) is 34.9 Å². The van der Waals surface area contributed by atoms with Crippen LogP contribution in [-0.4, -0.2) is 40.7 Å². The van der Waals surface area contributed by atoms with Gasteiger partial charge in [0, 0.05) is 40.3 Å². The van der Waals surface area contributed by atoms with Crippen molar-refractivity contribution in [3.63, 3.8) is 0 Å². The third kappa shape index (κ3) is 3.85. The summed E-state index contributed by atoms with van der Waals surface area (Å²) in [7, 11) is 0.